The zero-order valence-electron chi connectivity index (χ0n) is 30.3. The van der Waals surface area contributed by atoms with E-state index in [1.165, 1.54) is 0 Å². The molecule has 0 spiro atoms. The minimum atomic E-state index is -0.393. The molecule has 2 nitrogen and oxygen atoms in total. The lowest BCUT2D eigenvalue weighted by atomic mass is 9.85. The fourth-order valence-electron chi connectivity index (χ4n) is 6.79. The highest BCUT2D eigenvalue weighted by Gasteiger charge is 2.18. The van der Waals surface area contributed by atoms with Crippen LogP contribution < -0.4 is 0 Å². The molecule has 0 aliphatic carbocycles. The molecule has 1 aromatic heterocycles. The van der Waals surface area contributed by atoms with Gasteiger partial charge in [-0.15, -0.1) is 0 Å². The largest absolute Gasteiger partial charge is 0.292 e. The third-order valence-electron chi connectivity index (χ3n) is 8.90. The Morgan fingerprint density at radius 2 is 0.894 bits per heavy atom. The highest BCUT2D eigenvalue weighted by Crippen LogP contribution is 2.44. The first-order chi connectivity index (χ1) is 25.4. The number of fused-ring (bicyclic) bond motifs is 3. The van der Waals surface area contributed by atoms with Gasteiger partial charge in [-0.05, 0) is 79.2 Å². The molecular weight excluding hydrogens is 569 g/mol. The summed E-state index contributed by atoms with van der Waals surface area (Å²) in [6.45, 7) is 0. The van der Waals surface area contributed by atoms with Crippen molar-refractivity contribution in [3.63, 3.8) is 0 Å². The Labute approximate surface area is 280 Å². The van der Waals surface area contributed by atoms with E-state index in [9.17, 15) is 0 Å². The summed E-state index contributed by atoms with van der Waals surface area (Å²) in [6, 6.07) is 50.4. The number of nitrogens with zero attached hydrogens (tertiary/aromatic N) is 2. The lowest BCUT2D eigenvalue weighted by Gasteiger charge is -2.18. The van der Waals surface area contributed by atoms with Gasteiger partial charge in [0.2, 0.25) is 0 Å². The molecule has 0 fully saturated rings. The Morgan fingerprint density at radius 3 is 1.49 bits per heavy atom. The molecule has 0 radical (unpaired) electrons. The van der Waals surface area contributed by atoms with Gasteiger partial charge in [0.25, 0.3) is 0 Å². The van der Waals surface area contributed by atoms with Gasteiger partial charge in [-0.3, -0.25) is 4.57 Å². The number of imidazole rings is 1. The fourth-order valence-corrected chi connectivity index (χ4v) is 6.79. The average molecular weight is 604 g/mol. The van der Waals surface area contributed by atoms with Crippen molar-refractivity contribution in [3.8, 4) is 50.5 Å². The molecule has 0 aliphatic heterocycles. The van der Waals surface area contributed by atoms with Gasteiger partial charge in [0.15, 0.2) is 0 Å². The molecule has 0 saturated carbocycles. The van der Waals surface area contributed by atoms with Crippen LogP contribution in [0.1, 0.15) is 6.85 Å². The highest BCUT2D eigenvalue weighted by molar-refractivity contribution is 6.21. The van der Waals surface area contributed by atoms with Crippen LogP contribution >= 0.6 is 0 Å². The first-order valence-corrected chi connectivity index (χ1v) is 15.7. The predicted molar refractivity (Wildman–Crippen MR) is 198 cm³/mol. The lowest BCUT2D eigenvalue weighted by molar-refractivity contribution is 1.10. The highest BCUT2D eigenvalue weighted by atomic mass is 15.1. The van der Waals surface area contributed by atoms with Gasteiger partial charge in [-0.2, -0.15) is 0 Å². The summed E-state index contributed by atoms with van der Waals surface area (Å²) in [5, 5.41) is 4.44. The average Bonchev–Trinajstić information content (AvgIpc) is 3.59. The quantitative estimate of drug-likeness (QED) is 0.179. The van der Waals surface area contributed by atoms with E-state index in [1.54, 1.807) is 0 Å². The summed E-state index contributed by atoms with van der Waals surface area (Å²) in [6.07, 6.45) is 0. The number of para-hydroxylation sites is 2. The van der Waals surface area contributed by atoms with Crippen LogP contribution in [-0.2, 0) is 0 Å². The number of rotatable bonds is 5. The van der Waals surface area contributed by atoms with Crippen LogP contribution in [0.5, 0.6) is 0 Å². The third kappa shape index (κ3) is 4.62. The Morgan fingerprint density at radius 1 is 0.404 bits per heavy atom. The van der Waals surface area contributed by atoms with Crippen molar-refractivity contribution in [2.75, 3.05) is 0 Å². The molecule has 0 saturated heterocycles. The summed E-state index contributed by atoms with van der Waals surface area (Å²) in [7, 11) is 0. The Kier molecular flexibility index (Phi) is 5.35. The van der Waals surface area contributed by atoms with Gasteiger partial charge >= 0.3 is 0 Å². The van der Waals surface area contributed by atoms with Gasteiger partial charge in [0, 0.05) is 11.3 Å². The second-order valence-electron chi connectivity index (χ2n) is 11.6. The third-order valence-corrected chi connectivity index (χ3v) is 8.90. The van der Waals surface area contributed by atoms with Crippen molar-refractivity contribution in [1.29, 1.82) is 0 Å². The van der Waals surface area contributed by atoms with Gasteiger partial charge in [0.05, 0.1) is 17.9 Å². The van der Waals surface area contributed by atoms with Crippen LogP contribution in [0, 0.1) is 0 Å². The van der Waals surface area contributed by atoms with E-state index in [0.29, 0.717) is 5.56 Å². The minimum absolute atomic E-state index is 0.200. The van der Waals surface area contributed by atoms with E-state index >= 15 is 0 Å². The van der Waals surface area contributed by atoms with Crippen molar-refractivity contribution in [3.05, 3.63) is 182 Å². The van der Waals surface area contributed by atoms with Crippen LogP contribution in [0.15, 0.2) is 182 Å². The fraction of sp³-hybridized carbons (Fsp3) is 0. The minimum Gasteiger partial charge on any atom is -0.292 e. The molecule has 0 bridgehead atoms. The van der Waals surface area contributed by atoms with E-state index < -0.39 is 6.04 Å². The van der Waals surface area contributed by atoms with Gasteiger partial charge in [-0.1, -0.05) is 158 Å². The number of hydrogen-bond donors (Lipinski definition) is 0. The SMILES string of the molecule is [2H]c1c([2H])c([2H])c(-c2ccc(-c3c4ccccc4c(-c4ccc(-n5c(-c6ccccc6)nc6ccccc65)cc4)c4ccccc34)cc2)c([2H])c1[2H]. The maximum absolute atomic E-state index is 8.47. The van der Waals surface area contributed by atoms with Crippen LogP contribution in [0.2, 0.25) is 0 Å². The maximum atomic E-state index is 8.47. The number of hydrogen-bond acceptors (Lipinski definition) is 1. The molecule has 0 N–H and O–H groups in total. The zero-order valence-corrected chi connectivity index (χ0v) is 25.3. The summed E-state index contributed by atoms with van der Waals surface area (Å²) in [4.78, 5) is 5.02. The smallest absolute Gasteiger partial charge is 0.145 e. The van der Waals surface area contributed by atoms with Crippen LogP contribution in [0.4, 0.5) is 0 Å². The second-order valence-corrected chi connectivity index (χ2v) is 11.6. The van der Waals surface area contributed by atoms with Crippen LogP contribution in [0.3, 0.4) is 0 Å². The van der Waals surface area contributed by atoms with E-state index in [0.717, 1.165) is 71.9 Å². The van der Waals surface area contributed by atoms with E-state index in [2.05, 4.69) is 102 Å². The molecule has 1 heterocycles. The van der Waals surface area contributed by atoms with Crippen LogP contribution in [0.25, 0.3) is 83.0 Å². The van der Waals surface area contributed by atoms with E-state index in [1.807, 2.05) is 54.6 Å². The molecule has 2 heteroatoms. The molecular formula is C45H30N2. The van der Waals surface area contributed by atoms with Gasteiger partial charge in [-0.25, -0.2) is 4.98 Å². The molecule has 0 atom stereocenters. The number of aromatic nitrogens is 2. The molecule has 0 amide bonds. The van der Waals surface area contributed by atoms with Crippen molar-refractivity contribution < 1.29 is 6.85 Å². The molecule has 9 aromatic rings. The standard InChI is InChI=1S/C45H30N2/c1-3-13-31(14-4-1)32-23-25-33(26-24-32)43-37-17-7-9-19-39(37)44(40-20-10-8-18-38(40)43)34-27-29-36(30-28-34)47-42-22-12-11-21-41(42)46-45(47)35-15-5-2-6-16-35/h1-30H/i1D,3D,4D,13D,14D. The first-order valence-electron chi connectivity index (χ1n) is 18.2. The molecule has 220 valence electrons. The second kappa shape index (κ2) is 11.3. The summed E-state index contributed by atoms with van der Waals surface area (Å²) < 4.78 is 43.5. The topological polar surface area (TPSA) is 17.8 Å². The Balaban J connectivity index is 1.19. The number of benzene rings is 8. The van der Waals surface area contributed by atoms with Crippen molar-refractivity contribution in [1.82, 2.24) is 9.55 Å². The first kappa shape index (κ1) is 22.3. The normalized spacial score (nSPS) is 12.9. The molecule has 0 aliphatic rings. The monoisotopic (exact) mass is 603 g/mol. The van der Waals surface area contributed by atoms with Crippen molar-refractivity contribution >= 4 is 32.6 Å². The Hall–Kier alpha value is -6.25. The van der Waals surface area contributed by atoms with E-state index in [-0.39, 0.29) is 29.7 Å². The van der Waals surface area contributed by atoms with Gasteiger partial charge < -0.3 is 0 Å². The predicted octanol–water partition coefficient (Wildman–Crippen LogP) is 12.0. The summed E-state index contributed by atoms with van der Waals surface area (Å²) in [5.41, 5.74) is 9.16. The molecule has 0 unspecified atom stereocenters. The molecule has 9 rings (SSSR count). The Bertz CT molecular complexity index is 2740. The summed E-state index contributed by atoms with van der Waals surface area (Å²) in [5.74, 6) is 0.896. The van der Waals surface area contributed by atoms with Gasteiger partial charge in [0.1, 0.15) is 5.82 Å². The van der Waals surface area contributed by atoms with Crippen molar-refractivity contribution in [2.45, 2.75) is 0 Å². The zero-order chi connectivity index (χ0) is 35.5. The lowest BCUT2D eigenvalue weighted by Crippen LogP contribution is -1.97. The molecule has 8 aromatic carbocycles. The summed E-state index contributed by atoms with van der Waals surface area (Å²) >= 11 is 0. The maximum Gasteiger partial charge on any atom is 0.145 e. The van der Waals surface area contributed by atoms with Crippen LogP contribution in [-0.4, -0.2) is 9.55 Å². The van der Waals surface area contributed by atoms with E-state index in [4.69, 9.17) is 11.8 Å². The van der Waals surface area contributed by atoms with Crippen molar-refractivity contribution in [2.24, 2.45) is 0 Å². The molecule has 47 heavy (non-hydrogen) atoms.